The summed E-state index contributed by atoms with van der Waals surface area (Å²) >= 11 is 0. The molecule has 2 amide bonds. The van der Waals surface area contributed by atoms with Crippen LogP contribution in [0, 0.1) is 5.92 Å². The number of hydrogen-bond donors (Lipinski definition) is 2. The summed E-state index contributed by atoms with van der Waals surface area (Å²) in [6.07, 6.45) is 6.93. The van der Waals surface area contributed by atoms with E-state index >= 15 is 0 Å². The minimum absolute atomic E-state index is 0.0109. The molecule has 20 heavy (non-hydrogen) atoms. The molecule has 1 aliphatic heterocycles. The first-order chi connectivity index (χ1) is 9.63. The molecule has 0 aromatic heterocycles. The molecule has 2 atom stereocenters. The lowest BCUT2D eigenvalue weighted by Gasteiger charge is -2.30. The number of nitrogens with zero attached hydrogens (tertiary/aromatic N) is 1. The van der Waals surface area contributed by atoms with Crippen LogP contribution in [0.3, 0.4) is 0 Å². The number of carbonyl (C=O) groups excluding carboxylic acids is 1. The van der Waals surface area contributed by atoms with Crippen LogP contribution in [0.4, 0.5) is 4.79 Å². The van der Waals surface area contributed by atoms with Gasteiger partial charge in [0.2, 0.25) is 0 Å². The molecule has 114 valence electrons. The second kappa shape index (κ2) is 6.92. The van der Waals surface area contributed by atoms with Crippen LogP contribution in [-0.4, -0.2) is 54.4 Å². The fourth-order valence-corrected chi connectivity index (χ4v) is 3.45. The van der Waals surface area contributed by atoms with E-state index in [1.54, 1.807) is 0 Å². The predicted molar refractivity (Wildman–Crippen MR) is 73.5 cm³/mol. The third kappa shape index (κ3) is 3.42. The molecule has 0 bridgehead atoms. The smallest absolute Gasteiger partial charge is 0.328 e. The highest BCUT2D eigenvalue weighted by Crippen LogP contribution is 2.35. The van der Waals surface area contributed by atoms with Crippen LogP contribution in [0.25, 0.3) is 0 Å². The lowest BCUT2D eigenvalue weighted by atomic mass is 9.96. The van der Waals surface area contributed by atoms with Crippen molar-refractivity contribution in [3.63, 3.8) is 0 Å². The molecule has 2 unspecified atom stereocenters. The molecule has 2 N–H and O–H groups in total. The van der Waals surface area contributed by atoms with Crippen LogP contribution in [0.5, 0.6) is 0 Å². The van der Waals surface area contributed by atoms with Crippen molar-refractivity contribution in [1.82, 2.24) is 10.2 Å². The van der Waals surface area contributed by atoms with Crippen LogP contribution in [0.1, 0.15) is 38.5 Å². The number of likely N-dealkylation sites (tertiary alicyclic amines) is 1. The van der Waals surface area contributed by atoms with Crippen LogP contribution >= 0.6 is 0 Å². The van der Waals surface area contributed by atoms with Crippen LogP contribution in [0.15, 0.2) is 0 Å². The number of methoxy groups -OCH3 is 1. The van der Waals surface area contributed by atoms with Gasteiger partial charge in [0.25, 0.3) is 0 Å². The summed E-state index contributed by atoms with van der Waals surface area (Å²) < 4.78 is 4.84. The molecule has 2 fully saturated rings. The summed E-state index contributed by atoms with van der Waals surface area (Å²) in [5, 5.41) is 11.6. The van der Waals surface area contributed by atoms with Crippen LogP contribution in [-0.2, 0) is 9.53 Å². The molecule has 6 heteroatoms. The van der Waals surface area contributed by atoms with Crippen molar-refractivity contribution in [2.24, 2.45) is 5.92 Å². The van der Waals surface area contributed by atoms with Gasteiger partial charge in [0.1, 0.15) is 0 Å². The van der Waals surface area contributed by atoms with E-state index in [9.17, 15) is 9.59 Å². The maximum absolute atomic E-state index is 12.3. The molecule has 1 aliphatic carbocycles. The highest BCUT2D eigenvalue weighted by atomic mass is 16.5. The number of hydrogen-bond acceptors (Lipinski definition) is 3. The first-order valence-electron chi connectivity index (χ1n) is 7.42. The number of aliphatic carboxylic acids is 1. The van der Waals surface area contributed by atoms with Gasteiger partial charge in [0.05, 0.1) is 6.61 Å². The minimum Gasteiger partial charge on any atom is -0.480 e. The van der Waals surface area contributed by atoms with Crippen molar-refractivity contribution < 1.29 is 19.4 Å². The Hall–Kier alpha value is -1.30. The number of ether oxygens (including phenoxy) is 1. The number of carbonyl (C=O) groups is 2. The van der Waals surface area contributed by atoms with Crippen molar-refractivity contribution in [2.75, 3.05) is 20.3 Å². The second-order valence-electron chi connectivity index (χ2n) is 5.74. The lowest BCUT2D eigenvalue weighted by molar-refractivity contribution is -0.140. The van der Waals surface area contributed by atoms with Gasteiger partial charge in [0.15, 0.2) is 6.04 Å². The fraction of sp³-hybridized carbons (Fsp3) is 0.857. The molecule has 1 saturated carbocycles. The molecular formula is C14H24N2O4. The van der Waals surface area contributed by atoms with E-state index in [2.05, 4.69) is 5.32 Å². The molecule has 6 nitrogen and oxygen atoms in total. The third-order valence-corrected chi connectivity index (χ3v) is 4.43. The van der Waals surface area contributed by atoms with Gasteiger partial charge in [-0.1, -0.05) is 12.8 Å². The van der Waals surface area contributed by atoms with Crippen molar-refractivity contribution in [1.29, 1.82) is 0 Å². The summed E-state index contributed by atoms with van der Waals surface area (Å²) in [5.74, 6) is -0.467. The Balaban J connectivity index is 1.94. The van der Waals surface area contributed by atoms with Gasteiger partial charge < -0.3 is 20.1 Å². The summed E-state index contributed by atoms with van der Waals surface area (Å²) in [4.78, 5) is 25.2. The first-order valence-corrected chi connectivity index (χ1v) is 7.42. The number of rotatable bonds is 5. The maximum atomic E-state index is 12.3. The van der Waals surface area contributed by atoms with Crippen molar-refractivity contribution in [2.45, 2.75) is 50.6 Å². The normalized spacial score (nSPS) is 24.9. The Labute approximate surface area is 119 Å². The van der Waals surface area contributed by atoms with Crippen LogP contribution < -0.4 is 5.32 Å². The largest absolute Gasteiger partial charge is 0.480 e. The lowest BCUT2D eigenvalue weighted by Crippen LogP contribution is -2.52. The Bertz CT molecular complexity index is 355. The van der Waals surface area contributed by atoms with Crippen molar-refractivity contribution in [3.05, 3.63) is 0 Å². The zero-order valence-electron chi connectivity index (χ0n) is 12.0. The van der Waals surface area contributed by atoms with Gasteiger partial charge in [-0.25, -0.2) is 9.59 Å². The number of carboxylic acids is 1. The van der Waals surface area contributed by atoms with Gasteiger partial charge in [-0.3, -0.25) is 0 Å². The average Bonchev–Trinajstić information content (AvgIpc) is 3.08. The van der Waals surface area contributed by atoms with Gasteiger partial charge >= 0.3 is 12.0 Å². The molecule has 0 aromatic rings. The van der Waals surface area contributed by atoms with Crippen LogP contribution in [0.2, 0.25) is 0 Å². The Morgan fingerprint density at radius 1 is 1.30 bits per heavy atom. The van der Waals surface area contributed by atoms with Gasteiger partial charge in [-0.05, 0) is 31.6 Å². The van der Waals surface area contributed by atoms with Gasteiger partial charge in [0, 0.05) is 19.7 Å². The second-order valence-corrected chi connectivity index (χ2v) is 5.74. The minimum atomic E-state index is -1.06. The van der Waals surface area contributed by atoms with E-state index in [0.717, 1.165) is 19.4 Å². The summed E-state index contributed by atoms with van der Waals surface area (Å²) in [7, 11) is 1.43. The molecular weight excluding hydrogens is 260 g/mol. The standard InChI is InChI=1S/C14H24N2O4/c1-20-9-11(13(17)18)15-14(19)16-8-4-7-12(16)10-5-2-3-6-10/h10-12H,2-9H2,1H3,(H,15,19)(H,17,18). The summed E-state index contributed by atoms with van der Waals surface area (Å²) in [6.45, 7) is 0.718. The van der Waals surface area contributed by atoms with E-state index in [4.69, 9.17) is 9.84 Å². The first kappa shape index (κ1) is 15.1. The molecule has 1 heterocycles. The number of amides is 2. The zero-order valence-corrected chi connectivity index (χ0v) is 12.0. The topological polar surface area (TPSA) is 78.9 Å². The monoisotopic (exact) mass is 284 g/mol. The third-order valence-electron chi connectivity index (χ3n) is 4.43. The fourth-order valence-electron chi connectivity index (χ4n) is 3.45. The summed E-state index contributed by atoms with van der Waals surface area (Å²) in [6, 6.07) is -0.948. The quantitative estimate of drug-likeness (QED) is 0.801. The molecule has 0 aromatic carbocycles. The highest BCUT2D eigenvalue weighted by Gasteiger charge is 2.36. The van der Waals surface area contributed by atoms with Gasteiger partial charge in [-0.2, -0.15) is 0 Å². The average molecular weight is 284 g/mol. The van der Waals surface area contributed by atoms with E-state index in [0.29, 0.717) is 5.92 Å². The number of nitrogens with one attached hydrogen (secondary N) is 1. The Kier molecular flexibility index (Phi) is 5.23. The predicted octanol–water partition coefficient (Wildman–Crippen LogP) is 1.45. The van der Waals surface area contributed by atoms with E-state index < -0.39 is 12.0 Å². The highest BCUT2D eigenvalue weighted by molar-refractivity contribution is 5.83. The Morgan fingerprint density at radius 2 is 2.00 bits per heavy atom. The van der Waals surface area contributed by atoms with E-state index in [1.165, 1.54) is 32.8 Å². The number of carboxylic acid groups (broad SMARTS) is 1. The molecule has 0 spiro atoms. The maximum Gasteiger partial charge on any atom is 0.328 e. The SMILES string of the molecule is COCC(NC(=O)N1CCCC1C1CCCC1)C(=O)O. The molecule has 2 aliphatic rings. The molecule has 0 radical (unpaired) electrons. The molecule has 1 saturated heterocycles. The van der Waals surface area contributed by atoms with E-state index in [1.807, 2.05) is 4.90 Å². The van der Waals surface area contributed by atoms with E-state index in [-0.39, 0.29) is 18.7 Å². The summed E-state index contributed by atoms with van der Waals surface area (Å²) in [5.41, 5.74) is 0. The van der Waals surface area contributed by atoms with Gasteiger partial charge in [-0.15, -0.1) is 0 Å². The molecule has 2 rings (SSSR count). The van der Waals surface area contributed by atoms with Crippen molar-refractivity contribution >= 4 is 12.0 Å². The zero-order chi connectivity index (χ0) is 14.5. The Morgan fingerprint density at radius 3 is 2.60 bits per heavy atom. The number of urea groups is 1. The van der Waals surface area contributed by atoms with Crippen molar-refractivity contribution in [3.8, 4) is 0 Å².